The number of fused-ring (bicyclic) bond motifs is 7. The van der Waals surface area contributed by atoms with Gasteiger partial charge in [-0.3, -0.25) is 9.55 Å². The zero-order valence-corrected chi connectivity index (χ0v) is 26.4. The van der Waals surface area contributed by atoms with E-state index in [1.807, 2.05) is 36.7 Å². The van der Waals surface area contributed by atoms with E-state index in [1.54, 1.807) is 0 Å². The summed E-state index contributed by atoms with van der Waals surface area (Å²) in [5, 5.41) is 7.04. The molecule has 0 aliphatic heterocycles. The van der Waals surface area contributed by atoms with E-state index in [0.717, 1.165) is 66.8 Å². The Morgan fingerprint density at radius 2 is 1.02 bits per heavy atom. The first kappa shape index (κ1) is 27.4. The molecule has 10 aromatic rings. The first-order valence-electron chi connectivity index (χ1n) is 16.4. The van der Waals surface area contributed by atoms with Crippen LogP contribution in [-0.4, -0.2) is 19.1 Å². The summed E-state index contributed by atoms with van der Waals surface area (Å²) in [6, 6.07) is 54.8. The Labute approximate surface area is 281 Å². The molecule has 0 saturated carbocycles. The maximum atomic E-state index is 6.56. The molecule has 0 fully saturated rings. The Bertz CT molecular complexity index is 2820. The molecule has 0 amide bonds. The van der Waals surface area contributed by atoms with Gasteiger partial charge in [0.15, 0.2) is 0 Å². The second-order valence-electron chi connectivity index (χ2n) is 12.3. The summed E-state index contributed by atoms with van der Waals surface area (Å²) < 4.78 is 11.1. The van der Waals surface area contributed by atoms with Crippen LogP contribution in [0.5, 0.6) is 11.5 Å². The Morgan fingerprint density at radius 3 is 1.78 bits per heavy atom. The average Bonchev–Trinajstić information content (AvgIpc) is 3.67. The molecule has 0 aliphatic carbocycles. The van der Waals surface area contributed by atoms with Crippen molar-refractivity contribution >= 4 is 54.4 Å². The van der Waals surface area contributed by atoms with E-state index in [-0.39, 0.29) is 0 Å². The van der Waals surface area contributed by atoms with Crippen LogP contribution < -0.4 is 4.74 Å². The lowest BCUT2D eigenvalue weighted by Gasteiger charge is -2.12. The topological polar surface area (TPSA) is 44.9 Å². The molecule has 0 radical (unpaired) electrons. The van der Waals surface area contributed by atoms with E-state index in [1.165, 1.54) is 21.8 Å². The molecule has 10 rings (SSSR count). The highest BCUT2D eigenvalue weighted by atomic mass is 16.5. The van der Waals surface area contributed by atoms with Gasteiger partial charge in [0.1, 0.15) is 17.3 Å². The molecule has 0 aliphatic rings. The largest absolute Gasteiger partial charge is 0.457 e. The third-order valence-electron chi connectivity index (χ3n) is 9.46. The zero-order chi connectivity index (χ0) is 32.3. The molecule has 0 unspecified atom stereocenters. The van der Waals surface area contributed by atoms with Crippen LogP contribution >= 0.6 is 0 Å². The fourth-order valence-corrected chi connectivity index (χ4v) is 7.32. The number of pyridine rings is 2. The van der Waals surface area contributed by atoms with Crippen LogP contribution in [0.2, 0.25) is 0 Å². The molecule has 5 nitrogen and oxygen atoms in total. The molecule has 4 aromatic heterocycles. The maximum absolute atomic E-state index is 6.56. The molecule has 49 heavy (non-hydrogen) atoms. The quantitative estimate of drug-likeness (QED) is 0.190. The molecule has 0 atom stereocenters. The van der Waals surface area contributed by atoms with E-state index in [2.05, 4.69) is 143 Å². The molecule has 0 spiro atoms. The lowest BCUT2D eigenvalue weighted by atomic mass is 10.0. The van der Waals surface area contributed by atoms with Gasteiger partial charge in [-0.15, -0.1) is 0 Å². The van der Waals surface area contributed by atoms with Crippen molar-refractivity contribution in [1.82, 2.24) is 19.1 Å². The van der Waals surface area contributed by atoms with Gasteiger partial charge in [0.2, 0.25) is 0 Å². The molecule has 6 aromatic carbocycles. The van der Waals surface area contributed by atoms with Gasteiger partial charge >= 0.3 is 0 Å². The van der Waals surface area contributed by atoms with E-state index in [0.29, 0.717) is 0 Å². The van der Waals surface area contributed by atoms with E-state index in [9.17, 15) is 0 Å². The summed E-state index contributed by atoms with van der Waals surface area (Å²) in [6.45, 7) is 0. The highest BCUT2D eigenvalue weighted by Gasteiger charge is 2.17. The van der Waals surface area contributed by atoms with Crippen molar-refractivity contribution in [3.8, 4) is 34.3 Å². The van der Waals surface area contributed by atoms with Gasteiger partial charge in [0, 0.05) is 57.0 Å². The number of nitrogens with zero attached hydrogens (tertiary/aromatic N) is 4. The Morgan fingerprint density at radius 1 is 0.408 bits per heavy atom. The van der Waals surface area contributed by atoms with E-state index >= 15 is 0 Å². The lowest BCUT2D eigenvalue weighted by molar-refractivity contribution is 0.483. The molecular weight excluding hydrogens is 601 g/mol. The van der Waals surface area contributed by atoms with Gasteiger partial charge in [-0.25, -0.2) is 4.98 Å². The van der Waals surface area contributed by atoms with Crippen molar-refractivity contribution < 1.29 is 4.74 Å². The van der Waals surface area contributed by atoms with Crippen molar-refractivity contribution in [2.75, 3.05) is 0 Å². The Hall–Kier alpha value is -6.72. The van der Waals surface area contributed by atoms with Gasteiger partial charge < -0.3 is 9.30 Å². The van der Waals surface area contributed by atoms with Gasteiger partial charge in [0.05, 0.1) is 33.4 Å². The second-order valence-corrected chi connectivity index (χ2v) is 12.3. The van der Waals surface area contributed by atoms with Crippen molar-refractivity contribution in [3.63, 3.8) is 0 Å². The Kier molecular flexibility index (Phi) is 6.11. The summed E-state index contributed by atoms with van der Waals surface area (Å²) in [7, 11) is 0. The second kappa shape index (κ2) is 10.9. The van der Waals surface area contributed by atoms with Crippen LogP contribution in [0, 0.1) is 0 Å². The van der Waals surface area contributed by atoms with E-state index < -0.39 is 0 Å². The lowest BCUT2D eigenvalue weighted by Crippen LogP contribution is -2.01. The fourth-order valence-electron chi connectivity index (χ4n) is 7.32. The number of rotatable bonds is 5. The van der Waals surface area contributed by atoms with E-state index in [4.69, 9.17) is 14.7 Å². The molecule has 0 saturated heterocycles. The van der Waals surface area contributed by atoms with Crippen molar-refractivity contribution in [3.05, 3.63) is 170 Å². The summed E-state index contributed by atoms with van der Waals surface area (Å²) in [5.41, 5.74) is 7.45. The number of hydrogen-bond acceptors (Lipinski definition) is 3. The monoisotopic (exact) mass is 628 g/mol. The van der Waals surface area contributed by atoms with Crippen LogP contribution in [0.1, 0.15) is 0 Å². The first-order chi connectivity index (χ1) is 24.3. The highest BCUT2D eigenvalue weighted by molar-refractivity contribution is 6.10. The maximum Gasteiger partial charge on any atom is 0.139 e. The number of benzene rings is 6. The van der Waals surface area contributed by atoms with Crippen LogP contribution in [-0.2, 0) is 0 Å². The zero-order valence-electron chi connectivity index (χ0n) is 26.4. The molecule has 5 heteroatoms. The van der Waals surface area contributed by atoms with Crippen LogP contribution in [0.3, 0.4) is 0 Å². The minimum atomic E-state index is 0.748. The van der Waals surface area contributed by atoms with Crippen molar-refractivity contribution in [2.45, 2.75) is 0 Å². The first-order valence-corrected chi connectivity index (χ1v) is 16.4. The minimum Gasteiger partial charge on any atom is -0.457 e. The van der Waals surface area contributed by atoms with Gasteiger partial charge in [-0.1, -0.05) is 91.0 Å². The molecule has 0 bridgehead atoms. The SMILES string of the molecule is c1cc(Oc2ccc3c4ccccc4n(-c4cc(-n5c6ccccc6c6ccccc65)ccn4)c3c2)cc(-c2nccc3ccccc23)c1. The third kappa shape index (κ3) is 4.40. The summed E-state index contributed by atoms with van der Waals surface area (Å²) >= 11 is 0. The molecule has 4 heterocycles. The summed E-state index contributed by atoms with van der Waals surface area (Å²) in [6.07, 6.45) is 3.77. The summed E-state index contributed by atoms with van der Waals surface area (Å²) in [4.78, 5) is 9.66. The predicted octanol–water partition coefficient (Wildman–Crippen LogP) is 11.3. The smallest absolute Gasteiger partial charge is 0.139 e. The molecule has 230 valence electrons. The van der Waals surface area contributed by atoms with Crippen molar-refractivity contribution in [1.29, 1.82) is 0 Å². The highest BCUT2D eigenvalue weighted by Crippen LogP contribution is 2.37. The Balaban J connectivity index is 1.10. The predicted molar refractivity (Wildman–Crippen MR) is 200 cm³/mol. The van der Waals surface area contributed by atoms with Crippen molar-refractivity contribution in [2.24, 2.45) is 0 Å². The molecular formula is C44H28N4O. The average molecular weight is 629 g/mol. The van der Waals surface area contributed by atoms with Gasteiger partial charge in [-0.2, -0.15) is 0 Å². The number of hydrogen-bond donors (Lipinski definition) is 0. The number of aromatic nitrogens is 4. The fraction of sp³-hybridized carbons (Fsp3) is 0. The third-order valence-corrected chi connectivity index (χ3v) is 9.46. The van der Waals surface area contributed by atoms with Crippen LogP contribution in [0.15, 0.2) is 170 Å². The molecule has 0 N–H and O–H groups in total. The number of ether oxygens (including phenoxy) is 1. The van der Waals surface area contributed by atoms with Gasteiger partial charge in [0.25, 0.3) is 0 Å². The summed E-state index contributed by atoms with van der Waals surface area (Å²) in [5.74, 6) is 2.34. The van der Waals surface area contributed by atoms with Gasteiger partial charge in [-0.05, 0) is 60.0 Å². The van der Waals surface area contributed by atoms with Crippen LogP contribution in [0.4, 0.5) is 0 Å². The normalized spacial score (nSPS) is 11.7. The standard InChI is InChI=1S/C44H28N4O/c1-2-13-34-29(10-1)22-24-46-44(34)30-11-9-12-32(26-30)49-33-20-21-38-37-16-5-8-19-41(37)48(42(38)28-33)43-27-31(23-25-45-43)47-39-17-6-3-14-35(39)36-15-4-7-18-40(36)47/h1-28H. The number of para-hydroxylation sites is 3. The van der Waals surface area contributed by atoms with Crippen LogP contribution in [0.25, 0.3) is 77.1 Å². The minimum absolute atomic E-state index is 0.748.